The summed E-state index contributed by atoms with van der Waals surface area (Å²) < 4.78 is 0. The molecule has 1 N–H and O–H groups in total. The van der Waals surface area contributed by atoms with E-state index in [1.54, 1.807) is 0 Å². The Hall–Kier alpha value is -2.13. The average molecular weight is 283 g/mol. The van der Waals surface area contributed by atoms with E-state index in [4.69, 9.17) is 5.11 Å². The molecule has 0 aliphatic heterocycles. The first-order valence-corrected chi connectivity index (χ1v) is 7.23. The lowest BCUT2D eigenvalue weighted by Crippen LogP contribution is -2.32. The SMILES string of the molecule is CCN(CC(=O)O)C(C)c1ccc(-c2ccccc2)cc1. The summed E-state index contributed by atoms with van der Waals surface area (Å²) in [7, 11) is 0. The summed E-state index contributed by atoms with van der Waals surface area (Å²) in [6.45, 7) is 4.81. The zero-order valence-electron chi connectivity index (χ0n) is 12.5. The van der Waals surface area contributed by atoms with E-state index < -0.39 is 5.97 Å². The lowest BCUT2D eigenvalue weighted by molar-refractivity contribution is -0.138. The van der Waals surface area contributed by atoms with Crippen LogP contribution in [0.5, 0.6) is 0 Å². The highest BCUT2D eigenvalue weighted by atomic mass is 16.4. The van der Waals surface area contributed by atoms with Gasteiger partial charge in [0.2, 0.25) is 0 Å². The fourth-order valence-electron chi connectivity index (χ4n) is 2.49. The Morgan fingerprint density at radius 2 is 1.62 bits per heavy atom. The second-order valence-electron chi connectivity index (χ2n) is 5.12. The van der Waals surface area contributed by atoms with Crippen LogP contribution in [0.1, 0.15) is 25.5 Å². The van der Waals surface area contributed by atoms with E-state index in [0.717, 1.165) is 5.56 Å². The maximum atomic E-state index is 10.9. The van der Waals surface area contributed by atoms with Gasteiger partial charge in [0.15, 0.2) is 0 Å². The number of nitrogens with zero attached hydrogens (tertiary/aromatic N) is 1. The molecule has 0 bridgehead atoms. The molecule has 0 heterocycles. The fourth-order valence-corrected chi connectivity index (χ4v) is 2.49. The monoisotopic (exact) mass is 283 g/mol. The van der Waals surface area contributed by atoms with E-state index in [-0.39, 0.29) is 12.6 Å². The van der Waals surface area contributed by atoms with Crippen LogP contribution in [0, 0.1) is 0 Å². The highest BCUT2D eigenvalue weighted by Gasteiger charge is 2.16. The van der Waals surface area contributed by atoms with Crippen molar-refractivity contribution in [3.63, 3.8) is 0 Å². The number of aliphatic carboxylic acids is 1. The van der Waals surface area contributed by atoms with Gasteiger partial charge in [-0.25, -0.2) is 0 Å². The summed E-state index contributed by atoms with van der Waals surface area (Å²) in [6, 6.07) is 18.7. The van der Waals surface area contributed by atoms with Crippen LogP contribution < -0.4 is 0 Å². The summed E-state index contributed by atoms with van der Waals surface area (Å²) in [5.74, 6) is -0.787. The minimum absolute atomic E-state index is 0.0676. The number of carbonyl (C=O) groups is 1. The molecule has 1 atom stereocenters. The Labute approximate surface area is 125 Å². The van der Waals surface area contributed by atoms with Crippen LogP contribution >= 0.6 is 0 Å². The zero-order valence-corrected chi connectivity index (χ0v) is 12.5. The number of likely N-dealkylation sites (N-methyl/N-ethyl adjacent to an activating group) is 1. The van der Waals surface area contributed by atoms with Crippen molar-refractivity contribution in [3.8, 4) is 11.1 Å². The molecule has 0 fully saturated rings. The topological polar surface area (TPSA) is 40.5 Å². The number of hydrogen-bond acceptors (Lipinski definition) is 2. The third-order valence-electron chi connectivity index (χ3n) is 3.79. The van der Waals surface area contributed by atoms with Crippen molar-refractivity contribution in [2.75, 3.05) is 13.1 Å². The van der Waals surface area contributed by atoms with Crippen molar-refractivity contribution in [2.45, 2.75) is 19.9 Å². The second-order valence-corrected chi connectivity index (χ2v) is 5.12. The van der Waals surface area contributed by atoms with Crippen LogP contribution in [0.2, 0.25) is 0 Å². The third-order valence-corrected chi connectivity index (χ3v) is 3.79. The van der Waals surface area contributed by atoms with E-state index in [9.17, 15) is 4.79 Å². The third kappa shape index (κ3) is 3.92. The van der Waals surface area contributed by atoms with Gasteiger partial charge in [-0.15, -0.1) is 0 Å². The maximum Gasteiger partial charge on any atom is 0.317 e. The number of carboxylic acid groups (broad SMARTS) is 1. The maximum absolute atomic E-state index is 10.9. The van der Waals surface area contributed by atoms with Crippen LogP contribution in [0.25, 0.3) is 11.1 Å². The van der Waals surface area contributed by atoms with Crippen molar-refractivity contribution in [1.82, 2.24) is 4.90 Å². The molecule has 0 aliphatic carbocycles. The Morgan fingerprint density at radius 3 is 2.14 bits per heavy atom. The van der Waals surface area contributed by atoms with E-state index in [1.165, 1.54) is 11.1 Å². The average Bonchev–Trinajstić information content (AvgIpc) is 2.53. The Kier molecular flexibility index (Phi) is 5.12. The molecule has 0 spiro atoms. The summed E-state index contributed by atoms with van der Waals surface area (Å²) in [6.07, 6.45) is 0. The van der Waals surface area contributed by atoms with E-state index in [0.29, 0.717) is 6.54 Å². The van der Waals surface area contributed by atoms with Crippen molar-refractivity contribution in [1.29, 1.82) is 0 Å². The van der Waals surface area contributed by atoms with Crippen molar-refractivity contribution < 1.29 is 9.90 Å². The molecular weight excluding hydrogens is 262 g/mol. The Bertz CT molecular complexity index is 578. The number of carboxylic acids is 1. The summed E-state index contributed by atoms with van der Waals surface area (Å²) in [5, 5.41) is 8.96. The zero-order chi connectivity index (χ0) is 15.2. The first kappa shape index (κ1) is 15.3. The number of hydrogen-bond donors (Lipinski definition) is 1. The Balaban J connectivity index is 2.16. The van der Waals surface area contributed by atoms with Gasteiger partial charge in [0, 0.05) is 6.04 Å². The molecule has 3 heteroatoms. The minimum Gasteiger partial charge on any atom is -0.480 e. The van der Waals surface area contributed by atoms with Crippen molar-refractivity contribution >= 4 is 5.97 Å². The van der Waals surface area contributed by atoms with Crippen LogP contribution in [-0.2, 0) is 4.79 Å². The fraction of sp³-hybridized carbons (Fsp3) is 0.278. The highest BCUT2D eigenvalue weighted by molar-refractivity contribution is 5.69. The van der Waals surface area contributed by atoms with Gasteiger partial charge in [-0.05, 0) is 30.2 Å². The molecule has 0 amide bonds. The van der Waals surface area contributed by atoms with Crippen molar-refractivity contribution in [3.05, 3.63) is 60.2 Å². The van der Waals surface area contributed by atoms with Gasteiger partial charge in [0.25, 0.3) is 0 Å². The number of rotatable bonds is 6. The Morgan fingerprint density at radius 1 is 1.05 bits per heavy atom. The molecule has 0 aliphatic rings. The quantitative estimate of drug-likeness (QED) is 0.876. The molecule has 1 unspecified atom stereocenters. The number of benzene rings is 2. The van der Waals surface area contributed by atoms with Gasteiger partial charge in [0.1, 0.15) is 0 Å². The largest absolute Gasteiger partial charge is 0.480 e. The molecule has 0 saturated heterocycles. The summed E-state index contributed by atoms with van der Waals surface area (Å²) in [5.41, 5.74) is 3.50. The van der Waals surface area contributed by atoms with Crippen LogP contribution in [0.4, 0.5) is 0 Å². The highest BCUT2D eigenvalue weighted by Crippen LogP contribution is 2.24. The second kappa shape index (κ2) is 7.04. The lowest BCUT2D eigenvalue weighted by Gasteiger charge is -2.26. The smallest absolute Gasteiger partial charge is 0.317 e. The predicted molar refractivity (Wildman–Crippen MR) is 85.2 cm³/mol. The first-order valence-electron chi connectivity index (χ1n) is 7.23. The molecule has 2 aromatic carbocycles. The standard InChI is InChI=1S/C18H21NO2/c1-3-19(13-18(20)21)14(2)15-9-11-17(12-10-15)16-7-5-4-6-8-16/h4-12,14H,3,13H2,1-2H3,(H,20,21). The lowest BCUT2D eigenvalue weighted by atomic mass is 10.0. The molecule has 2 rings (SSSR count). The van der Waals surface area contributed by atoms with Gasteiger partial charge in [-0.3, -0.25) is 9.69 Å². The molecule has 3 nitrogen and oxygen atoms in total. The van der Waals surface area contributed by atoms with Crippen molar-refractivity contribution in [2.24, 2.45) is 0 Å². The predicted octanol–water partition coefficient (Wildman–Crippen LogP) is 3.82. The molecule has 0 aromatic heterocycles. The van der Waals surface area contributed by atoms with Crippen LogP contribution in [0.15, 0.2) is 54.6 Å². The van der Waals surface area contributed by atoms with Crippen LogP contribution in [-0.4, -0.2) is 29.1 Å². The molecule has 110 valence electrons. The van der Waals surface area contributed by atoms with Gasteiger partial charge in [-0.1, -0.05) is 61.5 Å². The molecule has 21 heavy (non-hydrogen) atoms. The van der Waals surface area contributed by atoms with E-state index in [1.807, 2.05) is 36.9 Å². The summed E-state index contributed by atoms with van der Waals surface area (Å²) >= 11 is 0. The normalized spacial score (nSPS) is 12.3. The molecular formula is C18H21NO2. The van der Waals surface area contributed by atoms with Gasteiger partial charge in [-0.2, -0.15) is 0 Å². The van der Waals surface area contributed by atoms with Gasteiger partial charge < -0.3 is 5.11 Å². The van der Waals surface area contributed by atoms with Gasteiger partial charge in [0.05, 0.1) is 6.54 Å². The van der Waals surface area contributed by atoms with Gasteiger partial charge >= 0.3 is 5.97 Å². The first-order chi connectivity index (χ1) is 10.1. The molecule has 0 saturated carbocycles. The minimum atomic E-state index is -0.787. The summed E-state index contributed by atoms with van der Waals surface area (Å²) in [4.78, 5) is 12.8. The van der Waals surface area contributed by atoms with Crippen LogP contribution in [0.3, 0.4) is 0 Å². The van der Waals surface area contributed by atoms with E-state index in [2.05, 4.69) is 36.4 Å². The molecule has 0 radical (unpaired) electrons. The van der Waals surface area contributed by atoms with E-state index >= 15 is 0 Å². The molecule has 2 aromatic rings.